The number of aliphatic hydroxyl groups is 1. The van der Waals surface area contributed by atoms with Crippen molar-refractivity contribution in [1.82, 2.24) is 40.4 Å². The number of nitrogens with one attached hydrogen (secondary N) is 2. The van der Waals surface area contributed by atoms with Crippen molar-refractivity contribution < 1.29 is 72.3 Å². The number of fused-ring (bicyclic) bond motifs is 4. The van der Waals surface area contributed by atoms with E-state index in [1.54, 1.807) is 67.2 Å². The van der Waals surface area contributed by atoms with Crippen LogP contribution in [-0.2, 0) is 94.6 Å². The quantitative estimate of drug-likeness (QED) is 0.0193. The van der Waals surface area contributed by atoms with Crippen LogP contribution in [0.5, 0.6) is 5.75 Å². The number of benzene rings is 2. The van der Waals surface area contributed by atoms with Gasteiger partial charge < -0.3 is 55.2 Å². The Balaban J connectivity index is 0.647. The highest BCUT2D eigenvalue weighted by atomic mass is 16.6. The number of imide groups is 1. The zero-order chi connectivity index (χ0) is 62.5. The lowest BCUT2D eigenvalue weighted by Gasteiger charge is -2.40. The molecule has 3 amide bonds. The van der Waals surface area contributed by atoms with Crippen LogP contribution in [0.2, 0.25) is 0 Å². The molecule has 24 nitrogen and oxygen atoms in total. The van der Waals surface area contributed by atoms with Gasteiger partial charge in [0.2, 0.25) is 34.9 Å². The lowest BCUT2D eigenvalue weighted by molar-refractivity contribution is -0.185. The Morgan fingerprint density at radius 2 is 1.68 bits per heavy atom. The maximum Gasteiger partial charge on any atom is 0.355 e. The van der Waals surface area contributed by atoms with Crippen molar-refractivity contribution in [3.05, 3.63) is 99.5 Å². The van der Waals surface area contributed by atoms with E-state index in [1.165, 1.54) is 4.90 Å². The molecule has 0 spiro atoms. The molecule has 1 aliphatic carbocycles. The molecule has 2 fully saturated rings. The first kappa shape index (κ1) is 64.9. The molecular formula is C64H81N9O15. The van der Waals surface area contributed by atoms with Crippen molar-refractivity contribution in [1.29, 1.82) is 0 Å². The van der Waals surface area contributed by atoms with E-state index in [0.29, 0.717) is 121 Å². The third-order valence-corrected chi connectivity index (χ3v) is 17.3. The molecule has 4 aliphatic heterocycles. The van der Waals surface area contributed by atoms with Gasteiger partial charge in [0.25, 0.3) is 0 Å². The van der Waals surface area contributed by atoms with Gasteiger partial charge >= 0.3 is 11.9 Å². The van der Waals surface area contributed by atoms with E-state index in [-0.39, 0.29) is 98.1 Å². The average molecular weight is 1220 g/mol. The maximum atomic E-state index is 13.9. The van der Waals surface area contributed by atoms with Crippen molar-refractivity contribution in [2.24, 2.45) is 23.5 Å². The first-order valence-electron chi connectivity index (χ1n) is 30.8. The highest BCUT2D eigenvalue weighted by Gasteiger charge is 2.52. The number of aromatic nitrogens is 4. The van der Waals surface area contributed by atoms with E-state index in [9.17, 15) is 48.6 Å². The molecule has 6 heterocycles. The molecule has 2 aromatic heterocycles. The number of carbonyl (C=O) groups excluding carboxylic acids is 8. The number of pyridine rings is 1. The summed E-state index contributed by atoms with van der Waals surface area (Å²) < 4.78 is 30.0. The van der Waals surface area contributed by atoms with Crippen LogP contribution >= 0.6 is 0 Å². The van der Waals surface area contributed by atoms with Crippen molar-refractivity contribution in [3.8, 4) is 5.75 Å². The molecule has 5 aliphatic rings. The van der Waals surface area contributed by atoms with Gasteiger partial charge in [-0.3, -0.25) is 33.7 Å². The van der Waals surface area contributed by atoms with Gasteiger partial charge in [0.1, 0.15) is 31.3 Å². The van der Waals surface area contributed by atoms with E-state index in [1.807, 2.05) is 6.08 Å². The number of nitrogens with two attached hydrogens (primary N) is 1. The zero-order valence-corrected chi connectivity index (χ0v) is 50.4. The second-order valence-electron chi connectivity index (χ2n) is 23.4. The number of phenols is 1. The SMILES string of the molecule is CCc1c2c(nc3ccc(O)cc13)C1=CC3=C(COC(=O)[C@@]3(CC)OC(=O)C(O)c3ccc(CN[C@@H](CCCCN)C(=O)C(=O)COCC(=O)CCCOCCOCCn4cc(CNC(=O)C5CCC(CN6C(=O)CC(C)C6=O)CC5)nn4)cc3)CN1C2. The molecule has 0 radical (unpaired) electrons. The number of likely N-dealkylation sites (tertiary alicyclic amines) is 1. The van der Waals surface area contributed by atoms with E-state index in [0.717, 1.165) is 51.8 Å². The van der Waals surface area contributed by atoms with E-state index in [2.05, 4.69) is 32.8 Å². The normalized spacial score (nSPS) is 20.5. The van der Waals surface area contributed by atoms with E-state index < -0.39 is 47.9 Å². The number of phenolic OH excluding ortho intramolecular Hbond substituents is 1. The third-order valence-electron chi connectivity index (χ3n) is 17.3. The smallest absolute Gasteiger partial charge is 0.355 e. The Morgan fingerprint density at radius 1 is 0.909 bits per heavy atom. The van der Waals surface area contributed by atoms with Gasteiger partial charge in [0.15, 0.2) is 11.9 Å². The molecule has 2 aromatic carbocycles. The monoisotopic (exact) mass is 1220 g/mol. The molecule has 1 saturated heterocycles. The molecule has 4 atom stereocenters. The van der Waals surface area contributed by atoms with Crippen LogP contribution in [0, 0.1) is 17.8 Å². The number of hydrogen-bond acceptors (Lipinski definition) is 21. The molecule has 88 heavy (non-hydrogen) atoms. The number of cyclic esters (lactones) is 1. The lowest BCUT2D eigenvalue weighted by Crippen LogP contribution is -2.51. The maximum absolute atomic E-state index is 13.9. The number of ketones is 3. The second-order valence-corrected chi connectivity index (χ2v) is 23.4. The molecule has 6 N–H and O–H groups in total. The number of ether oxygens (including phenoxy) is 5. The second kappa shape index (κ2) is 30.1. The van der Waals surface area contributed by atoms with E-state index in [4.69, 9.17) is 34.4 Å². The van der Waals surface area contributed by atoms with Crippen molar-refractivity contribution in [2.75, 3.05) is 65.9 Å². The fourth-order valence-electron chi connectivity index (χ4n) is 12.3. The van der Waals surface area contributed by atoms with Crippen LogP contribution in [0.25, 0.3) is 16.6 Å². The summed E-state index contributed by atoms with van der Waals surface area (Å²) in [7, 11) is 0. The Hall–Kier alpha value is -7.61. The predicted octanol–water partition coefficient (Wildman–Crippen LogP) is 4.19. The van der Waals surface area contributed by atoms with Crippen LogP contribution < -0.4 is 16.4 Å². The fourth-order valence-corrected chi connectivity index (χ4v) is 12.3. The molecule has 2 unspecified atom stereocenters. The minimum absolute atomic E-state index is 0.0141. The summed E-state index contributed by atoms with van der Waals surface area (Å²) in [6.07, 6.45) is 7.91. The number of rotatable bonds is 33. The van der Waals surface area contributed by atoms with Crippen molar-refractivity contribution in [2.45, 2.75) is 142 Å². The van der Waals surface area contributed by atoms with Gasteiger partial charge in [-0.2, -0.15) is 0 Å². The van der Waals surface area contributed by atoms with E-state index >= 15 is 0 Å². The summed E-state index contributed by atoms with van der Waals surface area (Å²) in [6.45, 7) is 8.57. The fraction of sp³-hybridized carbons (Fsp3) is 0.547. The summed E-state index contributed by atoms with van der Waals surface area (Å²) in [4.78, 5) is 113. The van der Waals surface area contributed by atoms with Gasteiger partial charge in [-0.25, -0.2) is 19.3 Å². The van der Waals surface area contributed by atoms with Gasteiger partial charge in [0.05, 0.1) is 62.1 Å². The van der Waals surface area contributed by atoms with Gasteiger partial charge in [-0.05, 0) is 117 Å². The number of hydrogen-bond donors (Lipinski definition) is 5. The number of aliphatic hydroxyl groups excluding tert-OH is 1. The number of aromatic hydroxyl groups is 1. The van der Waals surface area contributed by atoms with Crippen LogP contribution in [-0.4, -0.2) is 165 Å². The first-order chi connectivity index (χ1) is 42.5. The number of unbranched alkanes of at least 4 members (excludes halogenated alkanes) is 1. The summed E-state index contributed by atoms with van der Waals surface area (Å²) in [5.74, 6) is -3.78. The number of amides is 3. The predicted molar refractivity (Wildman–Crippen MR) is 318 cm³/mol. The van der Waals surface area contributed by atoms with Crippen LogP contribution in [0.3, 0.4) is 0 Å². The average Bonchev–Trinajstić information content (AvgIpc) is 2.45. The number of aryl methyl sites for hydroxylation is 1. The van der Waals surface area contributed by atoms with Crippen molar-refractivity contribution in [3.63, 3.8) is 0 Å². The van der Waals surface area contributed by atoms with Crippen LogP contribution in [0.1, 0.15) is 131 Å². The summed E-state index contributed by atoms with van der Waals surface area (Å²) >= 11 is 0. The van der Waals surface area contributed by atoms with Gasteiger partial charge in [0, 0.05) is 74.0 Å². The van der Waals surface area contributed by atoms with Gasteiger partial charge in [-0.15, -0.1) is 5.10 Å². The lowest BCUT2D eigenvalue weighted by atomic mass is 9.81. The summed E-state index contributed by atoms with van der Waals surface area (Å²) in [5, 5.41) is 36.9. The molecule has 9 rings (SSSR count). The number of Topliss-reactive ketones (excluding diaryl/α,β-unsaturated/α-hetero) is 3. The topological polar surface area (TPSA) is 323 Å². The molecule has 472 valence electrons. The molecule has 0 bridgehead atoms. The summed E-state index contributed by atoms with van der Waals surface area (Å²) in [5.41, 5.74) is 11.0. The number of esters is 2. The minimum Gasteiger partial charge on any atom is -0.508 e. The highest BCUT2D eigenvalue weighted by Crippen LogP contribution is 2.46. The largest absolute Gasteiger partial charge is 0.508 e. The Kier molecular flexibility index (Phi) is 22.2. The van der Waals surface area contributed by atoms with Crippen LogP contribution in [0.15, 0.2) is 65.9 Å². The van der Waals surface area contributed by atoms with Gasteiger partial charge in [-0.1, -0.05) is 56.7 Å². The molecule has 1 saturated carbocycles. The minimum atomic E-state index is -1.83. The Morgan fingerprint density at radius 3 is 2.41 bits per heavy atom. The highest BCUT2D eigenvalue weighted by molar-refractivity contribution is 6.39. The zero-order valence-electron chi connectivity index (χ0n) is 50.4. The summed E-state index contributed by atoms with van der Waals surface area (Å²) in [6, 6.07) is 10.6. The Bertz CT molecular complexity index is 3300. The first-order valence-corrected chi connectivity index (χ1v) is 30.8. The Labute approximate surface area is 510 Å². The number of nitrogens with zero attached hydrogens (tertiary/aromatic N) is 6. The third kappa shape index (κ3) is 15.4. The standard InChI is InChI=1S/C64H81N9O15/c1-4-48-49-28-46(74)19-20-52(49)68-57-50(48)35-71-33-44-36-87-63(83)64(5-2,51(44)29-54(57)71)88-62(82)58(78)42-15-11-40(12-16-42)30-66-53(10-6-7-21-65)59(79)55(76)38-86-37-47(75)9-8-23-84-25-26-85-24-22-72-34-45(69-70-72)31-67-60(80)43-17-13-41(14-18-43)32-73-56(77)27-39(3)61(73)81/h11-12,15-16,19-20,28-29,34,39,41,43,53,58,66,74,78H,4-10,13-14,17-18,21-27,30-33,35-38,65H2,1-3H3,(H,67,80)/t39?,41?,43?,53-,58?,64-/m0/s1. The van der Waals surface area contributed by atoms with Crippen molar-refractivity contribution >= 4 is 63.6 Å². The molecular weight excluding hydrogens is 1130 g/mol. The molecule has 4 aromatic rings. The molecule has 24 heteroatoms. The number of carbonyl (C=O) groups is 8. The van der Waals surface area contributed by atoms with Crippen LogP contribution in [0.4, 0.5) is 0 Å².